The Labute approximate surface area is 60.7 Å². The molecule has 1 aliphatic heterocycles. The summed E-state index contributed by atoms with van der Waals surface area (Å²) in [4.78, 5) is 15.5. The molecule has 0 atom stereocenters. The average Bonchev–Trinajstić information content (AvgIpc) is 2.25. The van der Waals surface area contributed by atoms with Crippen molar-refractivity contribution in [3.05, 3.63) is 0 Å². The third-order valence-electron chi connectivity index (χ3n) is 1.09. The van der Waals surface area contributed by atoms with Crippen LogP contribution in [0.5, 0.6) is 0 Å². The van der Waals surface area contributed by atoms with Gasteiger partial charge in [-0.25, -0.2) is 4.99 Å². The highest BCUT2D eigenvalue weighted by atomic mass is 16.2. The van der Waals surface area contributed by atoms with E-state index in [-0.39, 0.29) is 12.5 Å². The summed E-state index contributed by atoms with van der Waals surface area (Å²) in [7, 11) is 1.61. The molecule has 0 aromatic rings. The standard InChI is InChI=1S/C4H7N3O.C2H6/c1-7-3(8)2-6-4(7)5;1-2/h2H2,1H3,(H2,5,6);1-2H3. The number of guanidine groups is 1. The lowest BCUT2D eigenvalue weighted by Gasteiger charge is -2.04. The van der Waals surface area contributed by atoms with E-state index in [2.05, 4.69) is 4.99 Å². The molecule has 0 saturated carbocycles. The first kappa shape index (κ1) is 8.94. The highest BCUT2D eigenvalue weighted by Crippen LogP contribution is 1.93. The van der Waals surface area contributed by atoms with Crippen molar-refractivity contribution in [3.8, 4) is 0 Å². The van der Waals surface area contributed by atoms with Gasteiger partial charge < -0.3 is 5.73 Å². The van der Waals surface area contributed by atoms with Gasteiger partial charge in [0.25, 0.3) is 5.91 Å². The molecule has 1 aliphatic rings. The molecule has 58 valence electrons. The summed E-state index contributed by atoms with van der Waals surface area (Å²) >= 11 is 0. The van der Waals surface area contributed by atoms with Crippen LogP contribution in [0.4, 0.5) is 0 Å². The van der Waals surface area contributed by atoms with Crippen molar-refractivity contribution in [2.75, 3.05) is 13.6 Å². The number of carbonyl (C=O) groups excluding carboxylic acids is 1. The van der Waals surface area contributed by atoms with Crippen LogP contribution in [0.2, 0.25) is 0 Å². The van der Waals surface area contributed by atoms with Gasteiger partial charge in [0.15, 0.2) is 5.96 Å². The molecular formula is C6H13N3O. The summed E-state index contributed by atoms with van der Waals surface area (Å²) in [6, 6.07) is 0. The van der Waals surface area contributed by atoms with E-state index in [0.717, 1.165) is 0 Å². The molecule has 4 heteroatoms. The first-order valence-corrected chi connectivity index (χ1v) is 3.28. The third-order valence-corrected chi connectivity index (χ3v) is 1.09. The average molecular weight is 143 g/mol. The topological polar surface area (TPSA) is 58.7 Å². The third kappa shape index (κ3) is 1.72. The zero-order chi connectivity index (χ0) is 8.15. The van der Waals surface area contributed by atoms with Crippen molar-refractivity contribution in [1.82, 2.24) is 4.90 Å². The van der Waals surface area contributed by atoms with Crippen molar-refractivity contribution in [1.29, 1.82) is 0 Å². The molecule has 2 N–H and O–H groups in total. The number of nitrogens with two attached hydrogens (primary N) is 1. The van der Waals surface area contributed by atoms with Gasteiger partial charge in [-0.2, -0.15) is 0 Å². The Kier molecular flexibility index (Phi) is 3.46. The number of aliphatic imine (C=N–C) groups is 1. The molecular weight excluding hydrogens is 130 g/mol. The van der Waals surface area contributed by atoms with Crippen LogP contribution in [-0.2, 0) is 4.79 Å². The molecule has 0 aromatic heterocycles. The predicted octanol–water partition coefficient (Wildman–Crippen LogP) is -0.201. The fourth-order valence-corrected chi connectivity index (χ4v) is 0.489. The van der Waals surface area contributed by atoms with Crippen LogP contribution in [0.1, 0.15) is 13.8 Å². The number of carbonyl (C=O) groups is 1. The summed E-state index contributed by atoms with van der Waals surface area (Å²) in [6.45, 7) is 4.21. The van der Waals surface area contributed by atoms with Crippen LogP contribution in [0.15, 0.2) is 4.99 Å². The molecule has 1 amide bonds. The summed E-state index contributed by atoms with van der Waals surface area (Å²) in [5.74, 6) is 0.275. The van der Waals surface area contributed by atoms with E-state index in [0.29, 0.717) is 5.96 Å². The Morgan fingerprint density at radius 2 is 2.10 bits per heavy atom. The van der Waals surface area contributed by atoms with Gasteiger partial charge in [-0.15, -0.1) is 0 Å². The maximum Gasteiger partial charge on any atom is 0.250 e. The molecule has 0 aliphatic carbocycles. The molecule has 0 fully saturated rings. The monoisotopic (exact) mass is 143 g/mol. The van der Waals surface area contributed by atoms with Gasteiger partial charge in [0.05, 0.1) is 0 Å². The lowest BCUT2D eigenvalue weighted by molar-refractivity contribution is -0.123. The van der Waals surface area contributed by atoms with E-state index in [9.17, 15) is 4.79 Å². The van der Waals surface area contributed by atoms with E-state index in [1.54, 1.807) is 7.05 Å². The normalized spacial score (nSPS) is 16.1. The SMILES string of the molecule is CC.CN1C(=O)CN=C1N. The number of amides is 1. The van der Waals surface area contributed by atoms with Crippen LogP contribution >= 0.6 is 0 Å². The predicted molar refractivity (Wildman–Crippen MR) is 40.6 cm³/mol. The molecule has 0 aromatic carbocycles. The summed E-state index contributed by atoms with van der Waals surface area (Å²) < 4.78 is 0. The quantitative estimate of drug-likeness (QED) is 0.510. The van der Waals surface area contributed by atoms with E-state index >= 15 is 0 Å². The largest absolute Gasteiger partial charge is 0.369 e. The van der Waals surface area contributed by atoms with Crippen LogP contribution in [0, 0.1) is 0 Å². The number of hydrogen-bond donors (Lipinski definition) is 1. The van der Waals surface area contributed by atoms with Crippen LogP contribution in [0.3, 0.4) is 0 Å². The molecule has 1 rings (SSSR count). The molecule has 0 radical (unpaired) electrons. The van der Waals surface area contributed by atoms with Crippen molar-refractivity contribution in [2.24, 2.45) is 10.7 Å². The smallest absolute Gasteiger partial charge is 0.250 e. The molecule has 0 bridgehead atoms. The minimum absolute atomic E-state index is 0.0394. The Balaban J connectivity index is 0.000000371. The van der Waals surface area contributed by atoms with Gasteiger partial charge in [-0.05, 0) is 0 Å². The van der Waals surface area contributed by atoms with Crippen LogP contribution in [-0.4, -0.2) is 30.4 Å². The molecule has 1 heterocycles. The van der Waals surface area contributed by atoms with Gasteiger partial charge in [0.2, 0.25) is 0 Å². The van der Waals surface area contributed by atoms with Crippen molar-refractivity contribution >= 4 is 11.9 Å². The van der Waals surface area contributed by atoms with Gasteiger partial charge in [0.1, 0.15) is 6.54 Å². The molecule has 0 saturated heterocycles. The number of rotatable bonds is 0. The zero-order valence-electron chi connectivity index (χ0n) is 6.59. The van der Waals surface area contributed by atoms with Gasteiger partial charge >= 0.3 is 0 Å². The molecule has 0 unspecified atom stereocenters. The fourth-order valence-electron chi connectivity index (χ4n) is 0.489. The number of hydrogen-bond acceptors (Lipinski definition) is 3. The maximum absolute atomic E-state index is 10.5. The first-order valence-electron chi connectivity index (χ1n) is 3.28. The Morgan fingerprint density at radius 3 is 2.20 bits per heavy atom. The van der Waals surface area contributed by atoms with Crippen LogP contribution < -0.4 is 5.73 Å². The summed E-state index contributed by atoms with van der Waals surface area (Å²) in [5.41, 5.74) is 5.22. The second-order valence-corrected chi connectivity index (χ2v) is 1.63. The minimum Gasteiger partial charge on any atom is -0.369 e. The van der Waals surface area contributed by atoms with E-state index in [4.69, 9.17) is 5.73 Å². The van der Waals surface area contributed by atoms with E-state index < -0.39 is 0 Å². The second kappa shape index (κ2) is 3.87. The maximum atomic E-state index is 10.5. The van der Waals surface area contributed by atoms with E-state index in [1.165, 1.54) is 4.90 Å². The van der Waals surface area contributed by atoms with Gasteiger partial charge in [-0.1, -0.05) is 13.8 Å². The summed E-state index contributed by atoms with van der Waals surface area (Å²) in [5, 5.41) is 0. The van der Waals surface area contributed by atoms with E-state index in [1.807, 2.05) is 13.8 Å². The Bertz CT molecular complexity index is 153. The van der Waals surface area contributed by atoms with Gasteiger partial charge in [-0.3, -0.25) is 9.69 Å². The highest BCUT2D eigenvalue weighted by Gasteiger charge is 2.17. The van der Waals surface area contributed by atoms with Crippen molar-refractivity contribution in [3.63, 3.8) is 0 Å². The molecule has 10 heavy (non-hydrogen) atoms. The van der Waals surface area contributed by atoms with Crippen molar-refractivity contribution in [2.45, 2.75) is 13.8 Å². The molecule has 0 spiro atoms. The Hall–Kier alpha value is -1.06. The fraction of sp³-hybridized carbons (Fsp3) is 0.667. The number of nitrogens with zero attached hydrogens (tertiary/aromatic N) is 2. The number of likely N-dealkylation sites (N-methyl/N-ethyl adjacent to an activating group) is 1. The summed E-state index contributed by atoms with van der Waals surface area (Å²) in [6.07, 6.45) is 0. The zero-order valence-corrected chi connectivity index (χ0v) is 6.59. The highest BCUT2D eigenvalue weighted by molar-refractivity contribution is 6.01. The lowest BCUT2D eigenvalue weighted by Crippen LogP contribution is -2.33. The Morgan fingerprint density at radius 1 is 1.60 bits per heavy atom. The molecule has 4 nitrogen and oxygen atoms in total. The second-order valence-electron chi connectivity index (χ2n) is 1.63. The van der Waals surface area contributed by atoms with Crippen LogP contribution in [0.25, 0.3) is 0 Å². The lowest BCUT2D eigenvalue weighted by atomic mass is 10.6. The van der Waals surface area contributed by atoms with Gasteiger partial charge in [0, 0.05) is 7.05 Å². The van der Waals surface area contributed by atoms with Crippen molar-refractivity contribution < 1.29 is 4.79 Å². The first-order chi connectivity index (χ1) is 4.72. The minimum atomic E-state index is -0.0394.